The van der Waals surface area contributed by atoms with E-state index < -0.39 is 23.5 Å². The van der Waals surface area contributed by atoms with Crippen molar-refractivity contribution in [3.63, 3.8) is 0 Å². The van der Waals surface area contributed by atoms with Crippen LogP contribution in [0, 0.1) is 11.3 Å². The Bertz CT molecular complexity index is 420. The highest BCUT2D eigenvalue weighted by molar-refractivity contribution is 6.09. The lowest BCUT2D eigenvalue weighted by atomic mass is 10.1. The highest BCUT2D eigenvalue weighted by Crippen LogP contribution is 2.26. The van der Waals surface area contributed by atoms with Gasteiger partial charge in [-0.25, -0.2) is 0 Å². The molecular formula is C9H4F3NO2. The highest BCUT2D eigenvalue weighted by atomic mass is 19.4. The Morgan fingerprint density at radius 1 is 1.33 bits per heavy atom. The summed E-state index contributed by atoms with van der Waals surface area (Å²) in [6.45, 7) is 0. The summed E-state index contributed by atoms with van der Waals surface area (Å²) in [6.07, 6.45) is -4.88. The van der Waals surface area contributed by atoms with Crippen LogP contribution in [0.3, 0.4) is 0 Å². The van der Waals surface area contributed by atoms with Gasteiger partial charge in [-0.1, -0.05) is 12.1 Å². The van der Waals surface area contributed by atoms with Crippen LogP contribution in [0.15, 0.2) is 24.3 Å². The fourth-order valence-corrected chi connectivity index (χ4v) is 0.928. The Kier molecular flexibility index (Phi) is 2.95. The van der Waals surface area contributed by atoms with Gasteiger partial charge in [0.2, 0.25) is 0 Å². The molecule has 0 amide bonds. The molecule has 0 atom stereocenters. The van der Waals surface area contributed by atoms with Crippen LogP contribution in [0.4, 0.5) is 13.2 Å². The van der Waals surface area contributed by atoms with Crippen LogP contribution < -0.4 is 4.74 Å². The molecule has 0 aliphatic carbocycles. The predicted octanol–water partition coefficient (Wildman–Crippen LogP) is 2.29. The second kappa shape index (κ2) is 4.00. The molecule has 0 aliphatic heterocycles. The third kappa shape index (κ3) is 2.98. The predicted molar refractivity (Wildman–Crippen MR) is 43.1 cm³/mol. The zero-order valence-electron chi connectivity index (χ0n) is 7.21. The summed E-state index contributed by atoms with van der Waals surface area (Å²) >= 11 is 0. The number of carbonyl (C=O) groups excluding carboxylic acids is 1. The Hall–Kier alpha value is -2.03. The summed E-state index contributed by atoms with van der Waals surface area (Å²) in [5, 5.41) is 8.27. The minimum Gasteiger partial charge on any atom is -0.405 e. The standard InChI is InChI=1S/C9H4F3NO2/c10-9(11,12)15-8-4-2-1-3-6(8)7(14)5-13/h1-4H. The first-order valence-corrected chi connectivity index (χ1v) is 3.73. The van der Waals surface area contributed by atoms with E-state index >= 15 is 0 Å². The zero-order valence-corrected chi connectivity index (χ0v) is 7.21. The molecule has 1 rings (SSSR count). The maximum Gasteiger partial charge on any atom is 0.573 e. The van der Waals surface area contributed by atoms with Crippen molar-refractivity contribution in [2.75, 3.05) is 0 Å². The molecule has 0 saturated carbocycles. The Morgan fingerprint density at radius 3 is 2.47 bits per heavy atom. The molecular weight excluding hydrogens is 211 g/mol. The van der Waals surface area contributed by atoms with Crippen molar-refractivity contribution in [1.82, 2.24) is 0 Å². The first-order chi connectivity index (χ1) is 6.94. The van der Waals surface area contributed by atoms with Gasteiger partial charge in [-0.3, -0.25) is 4.79 Å². The number of nitriles is 1. The maximum atomic E-state index is 11.9. The van der Waals surface area contributed by atoms with Gasteiger partial charge in [0, 0.05) is 0 Å². The molecule has 15 heavy (non-hydrogen) atoms. The Balaban J connectivity index is 3.09. The third-order valence-electron chi connectivity index (χ3n) is 1.46. The number of nitrogens with zero attached hydrogens (tertiary/aromatic N) is 1. The number of para-hydroxylation sites is 1. The smallest absolute Gasteiger partial charge is 0.405 e. The molecule has 0 spiro atoms. The molecule has 6 heteroatoms. The van der Waals surface area contributed by atoms with E-state index in [1.165, 1.54) is 18.2 Å². The normalized spacial score (nSPS) is 10.5. The average Bonchev–Trinajstić information content (AvgIpc) is 2.15. The van der Waals surface area contributed by atoms with E-state index in [9.17, 15) is 18.0 Å². The largest absolute Gasteiger partial charge is 0.573 e. The van der Waals surface area contributed by atoms with Crippen molar-refractivity contribution in [2.24, 2.45) is 0 Å². The number of alkyl halides is 3. The van der Waals surface area contributed by atoms with Gasteiger partial charge in [-0.2, -0.15) is 5.26 Å². The van der Waals surface area contributed by atoms with Gasteiger partial charge < -0.3 is 4.74 Å². The van der Waals surface area contributed by atoms with E-state index in [2.05, 4.69) is 4.74 Å². The molecule has 1 aromatic rings. The molecule has 0 unspecified atom stereocenters. The van der Waals surface area contributed by atoms with Crippen molar-refractivity contribution in [3.05, 3.63) is 29.8 Å². The molecule has 0 saturated heterocycles. The van der Waals surface area contributed by atoms with E-state index in [-0.39, 0.29) is 0 Å². The molecule has 0 bridgehead atoms. The first-order valence-electron chi connectivity index (χ1n) is 3.73. The van der Waals surface area contributed by atoms with Gasteiger partial charge in [0.25, 0.3) is 5.78 Å². The molecule has 0 aromatic heterocycles. The molecule has 0 N–H and O–H groups in total. The van der Waals surface area contributed by atoms with E-state index in [1.54, 1.807) is 0 Å². The van der Waals surface area contributed by atoms with Gasteiger partial charge in [-0.05, 0) is 12.1 Å². The summed E-state index contributed by atoms with van der Waals surface area (Å²) in [6, 6.07) is 5.90. The summed E-state index contributed by atoms with van der Waals surface area (Å²) in [4.78, 5) is 10.9. The quantitative estimate of drug-likeness (QED) is 0.561. The lowest BCUT2D eigenvalue weighted by Gasteiger charge is -2.10. The molecule has 0 aliphatic rings. The number of ketones is 1. The first kappa shape index (κ1) is 11.0. The molecule has 0 heterocycles. The van der Waals surface area contributed by atoms with Crippen molar-refractivity contribution in [1.29, 1.82) is 5.26 Å². The number of halogens is 3. The highest BCUT2D eigenvalue weighted by Gasteiger charge is 2.32. The number of Topliss-reactive ketones (excluding diaryl/α,β-unsaturated/α-hetero) is 1. The second-order valence-corrected chi connectivity index (χ2v) is 2.48. The lowest BCUT2D eigenvalue weighted by Crippen LogP contribution is -2.18. The van der Waals surface area contributed by atoms with Crippen LogP contribution in [0.5, 0.6) is 5.75 Å². The van der Waals surface area contributed by atoms with Crippen molar-refractivity contribution < 1.29 is 22.7 Å². The van der Waals surface area contributed by atoms with Gasteiger partial charge in [0.15, 0.2) is 0 Å². The van der Waals surface area contributed by atoms with Crippen LogP contribution in [0.2, 0.25) is 0 Å². The lowest BCUT2D eigenvalue weighted by molar-refractivity contribution is -0.274. The van der Waals surface area contributed by atoms with Crippen LogP contribution in [-0.2, 0) is 0 Å². The summed E-state index contributed by atoms with van der Waals surface area (Å²) in [5.41, 5.74) is -0.405. The summed E-state index contributed by atoms with van der Waals surface area (Å²) in [7, 11) is 0. The average molecular weight is 215 g/mol. The maximum absolute atomic E-state index is 11.9. The monoisotopic (exact) mass is 215 g/mol. The number of ether oxygens (including phenoxy) is 1. The van der Waals surface area contributed by atoms with Crippen LogP contribution in [0.1, 0.15) is 10.4 Å². The zero-order chi connectivity index (χ0) is 11.5. The van der Waals surface area contributed by atoms with E-state index in [4.69, 9.17) is 5.26 Å². The van der Waals surface area contributed by atoms with Crippen LogP contribution in [0.25, 0.3) is 0 Å². The fraction of sp³-hybridized carbons (Fsp3) is 0.111. The Morgan fingerprint density at radius 2 is 1.93 bits per heavy atom. The number of hydrogen-bond acceptors (Lipinski definition) is 3. The topological polar surface area (TPSA) is 50.1 Å². The van der Waals surface area contributed by atoms with E-state index in [0.29, 0.717) is 0 Å². The van der Waals surface area contributed by atoms with E-state index in [1.807, 2.05) is 0 Å². The van der Waals surface area contributed by atoms with Crippen molar-refractivity contribution in [2.45, 2.75) is 6.36 Å². The van der Waals surface area contributed by atoms with E-state index in [0.717, 1.165) is 12.1 Å². The van der Waals surface area contributed by atoms with Crippen molar-refractivity contribution in [3.8, 4) is 11.8 Å². The molecule has 0 fully saturated rings. The number of carbonyl (C=O) groups is 1. The summed E-state index contributed by atoms with van der Waals surface area (Å²) < 4.78 is 39.2. The molecule has 78 valence electrons. The molecule has 0 radical (unpaired) electrons. The fourth-order valence-electron chi connectivity index (χ4n) is 0.928. The number of hydrogen-bond donors (Lipinski definition) is 0. The minimum atomic E-state index is -4.88. The van der Waals surface area contributed by atoms with Gasteiger partial charge in [0.1, 0.15) is 11.8 Å². The van der Waals surface area contributed by atoms with Gasteiger partial charge >= 0.3 is 6.36 Å². The van der Waals surface area contributed by atoms with Crippen LogP contribution in [-0.4, -0.2) is 12.1 Å². The Labute approximate surface area is 82.7 Å². The SMILES string of the molecule is N#CC(=O)c1ccccc1OC(F)(F)F. The molecule has 3 nitrogen and oxygen atoms in total. The third-order valence-corrected chi connectivity index (χ3v) is 1.46. The van der Waals surface area contributed by atoms with Gasteiger partial charge in [-0.15, -0.1) is 13.2 Å². The van der Waals surface area contributed by atoms with Gasteiger partial charge in [0.05, 0.1) is 5.56 Å². The number of benzene rings is 1. The van der Waals surface area contributed by atoms with Crippen LogP contribution >= 0.6 is 0 Å². The number of rotatable bonds is 2. The van der Waals surface area contributed by atoms with Crippen molar-refractivity contribution >= 4 is 5.78 Å². The minimum absolute atomic E-state index is 0.405. The summed E-state index contributed by atoms with van der Waals surface area (Å²) in [5.74, 6) is -1.74. The molecule has 1 aromatic carbocycles. The second-order valence-electron chi connectivity index (χ2n) is 2.48.